The summed E-state index contributed by atoms with van der Waals surface area (Å²) in [4.78, 5) is 0. The van der Waals surface area contributed by atoms with Gasteiger partial charge in [0.2, 0.25) is 0 Å². The van der Waals surface area contributed by atoms with E-state index in [2.05, 4.69) is 0 Å². The first-order valence-corrected chi connectivity index (χ1v) is 2.90. The van der Waals surface area contributed by atoms with Crippen LogP contribution in [0.25, 0.3) is 0 Å². The van der Waals surface area contributed by atoms with Gasteiger partial charge in [0.15, 0.2) is 0 Å². The molecule has 2 N–H and O–H groups in total. The second kappa shape index (κ2) is 2.37. The van der Waals surface area contributed by atoms with Crippen LogP contribution < -0.4 is 0 Å². The van der Waals surface area contributed by atoms with E-state index in [9.17, 15) is 0 Å². The van der Waals surface area contributed by atoms with Crippen molar-refractivity contribution in [3.63, 3.8) is 0 Å². The van der Waals surface area contributed by atoms with Gasteiger partial charge in [0, 0.05) is 0 Å². The molecule has 0 aromatic rings. The molecule has 0 amide bonds. The fraction of sp³-hybridized carbons (Fsp3) is 0.667. The molecular formula is C6H10O3. The Morgan fingerprint density at radius 3 is 2.56 bits per heavy atom. The molecule has 0 bridgehead atoms. The van der Waals surface area contributed by atoms with Crippen LogP contribution in [0.4, 0.5) is 0 Å². The minimum atomic E-state index is -0.782. The normalized spacial score (nSPS) is 42.3. The molecule has 1 aliphatic rings. The number of hydrogen-bond donors (Lipinski definition) is 2. The first-order valence-electron chi connectivity index (χ1n) is 2.90. The third kappa shape index (κ3) is 1.23. The molecule has 3 nitrogen and oxygen atoms in total. The van der Waals surface area contributed by atoms with Crippen LogP contribution in [0.2, 0.25) is 0 Å². The first-order chi connectivity index (χ1) is 4.22. The first kappa shape index (κ1) is 6.58. The van der Waals surface area contributed by atoms with Crippen molar-refractivity contribution >= 4 is 0 Å². The molecule has 0 saturated heterocycles. The molecule has 0 fully saturated rings. The Bertz CT molecular complexity index is 121. The number of aliphatic hydroxyl groups excluding tert-OH is 2. The van der Waals surface area contributed by atoms with Gasteiger partial charge in [-0.1, -0.05) is 0 Å². The highest BCUT2D eigenvalue weighted by molar-refractivity contribution is 4.95. The quantitative estimate of drug-likeness (QED) is 0.471. The lowest BCUT2D eigenvalue weighted by molar-refractivity contribution is -0.0543. The Morgan fingerprint density at radius 2 is 2.11 bits per heavy atom. The van der Waals surface area contributed by atoms with E-state index in [-0.39, 0.29) is 6.10 Å². The zero-order valence-corrected chi connectivity index (χ0v) is 5.19. The maximum Gasteiger partial charge on any atom is 0.124 e. The average molecular weight is 130 g/mol. The molecule has 9 heavy (non-hydrogen) atoms. The third-order valence-corrected chi connectivity index (χ3v) is 1.40. The largest absolute Gasteiger partial charge is 0.496 e. The zero-order valence-electron chi connectivity index (χ0n) is 5.19. The third-order valence-electron chi connectivity index (χ3n) is 1.40. The van der Waals surface area contributed by atoms with Crippen LogP contribution in [0.3, 0.4) is 0 Å². The van der Waals surface area contributed by atoms with Crippen LogP contribution in [0.1, 0.15) is 6.92 Å². The summed E-state index contributed by atoms with van der Waals surface area (Å²) in [7, 11) is 0. The summed E-state index contributed by atoms with van der Waals surface area (Å²) < 4.78 is 4.87. The molecule has 0 radical (unpaired) electrons. The van der Waals surface area contributed by atoms with E-state index in [1.165, 1.54) is 12.3 Å². The molecule has 3 atom stereocenters. The zero-order chi connectivity index (χ0) is 6.85. The van der Waals surface area contributed by atoms with Gasteiger partial charge < -0.3 is 14.9 Å². The van der Waals surface area contributed by atoms with Crippen LogP contribution in [0.5, 0.6) is 0 Å². The summed E-state index contributed by atoms with van der Waals surface area (Å²) in [6, 6.07) is 0. The summed E-state index contributed by atoms with van der Waals surface area (Å²) in [6.45, 7) is 1.71. The number of hydrogen-bond acceptors (Lipinski definition) is 3. The summed E-state index contributed by atoms with van der Waals surface area (Å²) in [5.74, 6) is 0. The minimum Gasteiger partial charge on any atom is -0.496 e. The molecule has 3 heteroatoms. The van der Waals surface area contributed by atoms with Gasteiger partial charge in [0.1, 0.15) is 18.3 Å². The molecule has 0 aromatic carbocycles. The highest BCUT2D eigenvalue weighted by atomic mass is 16.5. The standard InChI is InChI=1S/C6H10O3/c1-4-6(8)5(7)2-3-9-4/h2-8H,1H3/t4?,5?,6-/m0/s1. The van der Waals surface area contributed by atoms with Crippen molar-refractivity contribution in [1.29, 1.82) is 0 Å². The molecule has 52 valence electrons. The van der Waals surface area contributed by atoms with Gasteiger partial charge in [-0.3, -0.25) is 0 Å². The number of aliphatic hydroxyl groups is 2. The van der Waals surface area contributed by atoms with Gasteiger partial charge in [0.25, 0.3) is 0 Å². The maximum atomic E-state index is 9.02. The molecule has 1 rings (SSSR count). The van der Waals surface area contributed by atoms with Gasteiger partial charge in [0.05, 0.1) is 6.26 Å². The van der Waals surface area contributed by atoms with Crippen molar-refractivity contribution in [3.8, 4) is 0 Å². The average Bonchev–Trinajstić information content (AvgIpc) is 1.83. The molecule has 0 aliphatic carbocycles. The molecule has 1 heterocycles. The monoisotopic (exact) mass is 130 g/mol. The summed E-state index contributed by atoms with van der Waals surface area (Å²) in [5.41, 5.74) is 0. The Hall–Kier alpha value is -0.540. The Labute approximate surface area is 53.6 Å². The molecule has 0 aromatic heterocycles. The van der Waals surface area contributed by atoms with Crippen LogP contribution in [-0.4, -0.2) is 28.5 Å². The van der Waals surface area contributed by atoms with Crippen molar-refractivity contribution < 1.29 is 14.9 Å². The van der Waals surface area contributed by atoms with E-state index in [4.69, 9.17) is 14.9 Å². The molecule has 0 saturated carbocycles. The molecule has 0 spiro atoms. The van der Waals surface area contributed by atoms with Crippen molar-refractivity contribution in [2.24, 2.45) is 0 Å². The van der Waals surface area contributed by atoms with Crippen LogP contribution in [0, 0.1) is 0 Å². The second-order valence-corrected chi connectivity index (χ2v) is 2.15. The molecule has 1 aliphatic heterocycles. The van der Waals surface area contributed by atoms with Crippen molar-refractivity contribution in [1.82, 2.24) is 0 Å². The van der Waals surface area contributed by atoms with Crippen molar-refractivity contribution in [2.75, 3.05) is 0 Å². The number of ether oxygens (including phenoxy) is 1. The predicted octanol–water partition coefficient (Wildman–Crippen LogP) is -0.359. The lowest BCUT2D eigenvalue weighted by Gasteiger charge is -2.24. The Balaban J connectivity index is 2.58. The SMILES string of the molecule is CC1OC=CC(O)[C@H]1O. The van der Waals surface area contributed by atoms with Crippen LogP contribution >= 0.6 is 0 Å². The van der Waals surface area contributed by atoms with E-state index in [0.717, 1.165) is 0 Å². The van der Waals surface area contributed by atoms with Gasteiger partial charge >= 0.3 is 0 Å². The highest BCUT2D eigenvalue weighted by Gasteiger charge is 2.24. The van der Waals surface area contributed by atoms with E-state index < -0.39 is 12.2 Å². The summed E-state index contributed by atoms with van der Waals surface area (Å²) in [6.07, 6.45) is 0.973. The van der Waals surface area contributed by atoms with Gasteiger partial charge in [-0.25, -0.2) is 0 Å². The van der Waals surface area contributed by atoms with E-state index in [1.807, 2.05) is 0 Å². The minimum absolute atomic E-state index is 0.301. The fourth-order valence-electron chi connectivity index (χ4n) is 0.722. The van der Waals surface area contributed by atoms with E-state index in [1.54, 1.807) is 6.92 Å². The van der Waals surface area contributed by atoms with Gasteiger partial charge in [-0.2, -0.15) is 0 Å². The Morgan fingerprint density at radius 1 is 1.44 bits per heavy atom. The number of rotatable bonds is 0. The van der Waals surface area contributed by atoms with Crippen LogP contribution in [0.15, 0.2) is 12.3 Å². The van der Waals surface area contributed by atoms with Crippen LogP contribution in [-0.2, 0) is 4.74 Å². The van der Waals surface area contributed by atoms with E-state index in [0.29, 0.717) is 0 Å². The lowest BCUT2D eigenvalue weighted by Crippen LogP contribution is -2.37. The molecular weight excluding hydrogens is 120 g/mol. The predicted molar refractivity (Wildman–Crippen MR) is 31.7 cm³/mol. The van der Waals surface area contributed by atoms with Crippen molar-refractivity contribution in [2.45, 2.75) is 25.2 Å². The van der Waals surface area contributed by atoms with E-state index >= 15 is 0 Å². The highest BCUT2D eigenvalue weighted by Crippen LogP contribution is 2.10. The Kier molecular flexibility index (Phi) is 1.73. The molecule has 2 unspecified atom stereocenters. The van der Waals surface area contributed by atoms with Gasteiger partial charge in [-0.05, 0) is 13.0 Å². The van der Waals surface area contributed by atoms with Gasteiger partial charge in [-0.15, -0.1) is 0 Å². The maximum absolute atomic E-state index is 9.02. The summed E-state index contributed by atoms with van der Waals surface area (Å²) in [5, 5.41) is 18.0. The fourth-order valence-corrected chi connectivity index (χ4v) is 0.722. The second-order valence-electron chi connectivity index (χ2n) is 2.15. The lowest BCUT2D eigenvalue weighted by atomic mass is 10.1. The topological polar surface area (TPSA) is 49.7 Å². The van der Waals surface area contributed by atoms with Crippen molar-refractivity contribution in [3.05, 3.63) is 12.3 Å². The smallest absolute Gasteiger partial charge is 0.124 e. The summed E-state index contributed by atoms with van der Waals surface area (Å²) >= 11 is 0.